The minimum Gasteiger partial charge on any atom is -0.598 e. The minimum absolute atomic E-state index is 0.0388. The average Bonchev–Trinajstić information content (AvgIpc) is 3.21. The lowest BCUT2D eigenvalue weighted by Gasteiger charge is -2.29. The highest BCUT2D eigenvalue weighted by Crippen LogP contribution is 2.35. The summed E-state index contributed by atoms with van der Waals surface area (Å²) in [5, 5.41) is 4.89. The number of benzene rings is 2. The van der Waals surface area contributed by atoms with Gasteiger partial charge in [-0.2, -0.15) is 0 Å². The van der Waals surface area contributed by atoms with Crippen molar-refractivity contribution in [2.45, 2.75) is 49.9 Å². The first kappa shape index (κ1) is 26.3. The Morgan fingerprint density at radius 2 is 1.86 bits per heavy atom. The maximum Gasteiger partial charge on any atom is 0.192 e. The summed E-state index contributed by atoms with van der Waals surface area (Å²) in [4.78, 5) is 4.09. The standard InChI is InChI=1S/C26H28FN3O4S2/c1-16-10-11-19-23(14-16)34-29-25(19)18-9-7-6-8-17(18)21(30-35(31)26(2,3)4)15-22-20(27)12-13-24(28-22)36(5,32)33/h6-14,21,30H,15H2,1-5H3/t21?,35-/m0/s1. The van der Waals surface area contributed by atoms with Gasteiger partial charge in [0, 0.05) is 35.0 Å². The lowest BCUT2D eigenvalue weighted by Crippen LogP contribution is -2.42. The molecule has 0 spiro atoms. The van der Waals surface area contributed by atoms with Crippen LogP contribution in [0.5, 0.6) is 0 Å². The second kappa shape index (κ2) is 9.93. The van der Waals surface area contributed by atoms with Crippen LogP contribution in [-0.2, 0) is 27.6 Å². The quantitative estimate of drug-likeness (QED) is 0.333. The van der Waals surface area contributed by atoms with Gasteiger partial charge in [-0.25, -0.2) is 17.8 Å². The summed E-state index contributed by atoms with van der Waals surface area (Å²) in [5.41, 5.74) is 3.66. The molecule has 190 valence electrons. The lowest BCUT2D eigenvalue weighted by atomic mass is 9.94. The molecule has 0 saturated heterocycles. The molecule has 1 N–H and O–H groups in total. The molecule has 2 aromatic carbocycles. The van der Waals surface area contributed by atoms with Gasteiger partial charge in [0.1, 0.15) is 16.3 Å². The van der Waals surface area contributed by atoms with Gasteiger partial charge >= 0.3 is 0 Å². The van der Waals surface area contributed by atoms with Gasteiger partial charge < -0.3 is 9.08 Å². The van der Waals surface area contributed by atoms with Crippen LogP contribution in [0.4, 0.5) is 4.39 Å². The first-order valence-corrected chi connectivity index (χ1v) is 14.4. The maximum absolute atomic E-state index is 14.8. The fourth-order valence-corrected chi connectivity index (χ4v) is 5.20. The van der Waals surface area contributed by atoms with Crippen LogP contribution in [0.25, 0.3) is 22.2 Å². The van der Waals surface area contributed by atoms with E-state index in [0.29, 0.717) is 16.8 Å². The highest BCUT2D eigenvalue weighted by Gasteiger charge is 2.32. The Morgan fingerprint density at radius 1 is 1.14 bits per heavy atom. The number of nitrogens with one attached hydrogen (secondary N) is 1. The summed E-state index contributed by atoms with van der Waals surface area (Å²) in [5.74, 6) is -0.643. The first-order chi connectivity index (χ1) is 16.8. The predicted molar refractivity (Wildman–Crippen MR) is 139 cm³/mol. The van der Waals surface area contributed by atoms with Gasteiger partial charge in [0.25, 0.3) is 0 Å². The number of aromatic nitrogens is 2. The third-order valence-corrected chi connectivity index (χ3v) is 8.29. The van der Waals surface area contributed by atoms with Gasteiger partial charge in [-0.15, -0.1) is 4.72 Å². The van der Waals surface area contributed by atoms with Crippen LogP contribution in [0.2, 0.25) is 0 Å². The third kappa shape index (κ3) is 5.62. The third-order valence-electron chi connectivity index (χ3n) is 5.69. The molecule has 0 saturated carbocycles. The van der Waals surface area contributed by atoms with Crippen molar-refractivity contribution in [1.82, 2.24) is 14.9 Å². The van der Waals surface area contributed by atoms with Gasteiger partial charge in [0.15, 0.2) is 20.4 Å². The van der Waals surface area contributed by atoms with Crippen LogP contribution < -0.4 is 4.72 Å². The maximum atomic E-state index is 14.8. The molecule has 0 aliphatic heterocycles. The molecule has 0 radical (unpaired) electrons. The number of pyridine rings is 1. The van der Waals surface area contributed by atoms with Crippen LogP contribution >= 0.6 is 0 Å². The van der Waals surface area contributed by atoms with Crippen LogP contribution in [0.3, 0.4) is 0 Å². The van der Waals surface area contributed by atoms with E-state index < -0.39 is 37.8 Å². The first-order valence-electron chi connectivity index (χ1n) is 11.3. The number of aryl methyl sites for hydroxylation is 1. The molecule has 1 unspecified atom stereocenters. The van der Waals surface area contributed by atoms with Crippen molar-refractivity contribution in [2.24, 2.45) is 0 Å². The van der Waals surface area contributed by atoms with Crippen LogP contribution in [0.15, 0.2) is 64.1 Å². The molecule has 7 nitrogen and oxygen atoms in total. The normalized spacial score (nSPS) is 14.2. The van der Waals surface area contributed by atoms with Crippen molar-refractivity contribution in [3.05, 3.63) is 77.2 Å². The largest absolute Gasteiger partial charge is 0.598 e. The molecule has 2 heterocycles. The zero-order valence-corrected chi connectivity index (χ0v) is 22.3. The molecule has 0 fully saturated rings. The van der Waals surface area contributed by atoms with Crippen molar-refractivity contribution in [1.29, 1.82) is 0 Å². The second-order valence-electron chi connectivity index (χ2n) is 9.72. The summed E-state index contributed by atoms with van der Waals surface area (Å²) in [6.45, 7) is 7.45. The SMILES string of the molecule is Cc1ccc2c(-c3ccccc3C(Cc3nc(S(C)(=O)=O)ccc3F)N[S@@+]([O-])C(C)(C)C)noc2c1. The molecule has 0 amide bonds. The monoisotopic (exact) mass is 529 g/mol. The van der Waals surface area contributed by atoms with Gasteiger partial charge in [0.2, 0.25) is 0 Å². The van der Waals surface area contributed by atoms with E-state index in [2.05, 4.69) is 14.9 Å². The molecule has 0 bridgehead atoms. The number of hydrogen-bond donors (Lipinski definition) is 1. The number of fused-ring (bicyclic) bond motifs is 1. The van der Waals surface area contributed by atoms with E-state index in [0.717, 1.165) is 34.9 Å². The number of hydrogen-bond acceptors (Lipinski definition) is 7. The van der Waals surface area contributed by atoms with Crippen LogP contribution in [0.1, 0.15) is 43.6 Å². The molecule has 36 heavy (non-hydrogen) atoms. The summed E-state index contributed by atoms with van der Waals surface area (Å²) < 4.78 is 60.2. The highest BCUT2D eigenvalue weighted by molar-refractivity contribution is 7.91. The molecular formula is C26H28FN3O4S2. The summed E-state index contributed by atoms with van der Waals surface area (Å²) in [6, 6.07) is 14.8. The average molecular weight is 530 g/mol. The van der Waals surface area contributed by atoms with Gasteiger partial charge in [-0.3, -0.25) is 0 Å². The van der Waals surface area contributed by atoms with E-state index in [-0.39, 0.29) is 17.1 Å². The Kier molecular flexibility index (Phi) is 7.25. The Bertz CT molecular complexity index is 1510. The molecule has 4 rings (SSSR count). The number of sulfone groups is 1. The number of rotatable bonds is 7. The van der Waals surface area contributed by atoms with E-state index in [4.69, 9.17) is 4.52 Å². The van der Waals surface area contributed by atoms with Crippen LogP contribution in [0, 0.1) is 12.7 Å². The Labute approximate surface area is 213 Å². The van der Waals surface area contributed by atoms with E-state index in [1.54, 1.807) is 0 Å². The Balaban J connectivity index is 1.84. The second-order valence-corrected chi connectivity index (χ2v) is 13.7. The van der Waals surface area contributed by atoms with Crippen molar-refractivity contribution in [3.8, 4) is 11.3 Å². The zero-order chi connectivity index (χ0) is 26.3. The topological polar surface area (TPSA) is 108 Å². The van der Waals surface area contributed by atoms with Crippen molar-refractivity contribution < 1.29 is 21.9 Å². The van der Waals surface area contributed by atoms with Crippen molar-refractivity contribution in [2.75, 3.05) is 6.26 Å². The molecular weight excluding hydrogens is 501 g/mol. The van der Waals surface area contributed by atoms with Gasteiger partial charge in [-0.05, 0) is 63.1 Å². The molecule has 2 aromatic heterocycles. The van der Waals surface area contributed by atoms with Gasteiger partial charge in [-0.1, -0.05) is 35.5 Å². The van der Waals surface area contributed by atoms with Crippen LogP contribution in [-0.4, -0.2) is 34.1 Å². The van der Waals surface area contributed by atoms with E-state index in [1.807, 2.05) is 70.2 Å². The minimum atomic E-state index is -3.64. The predicted octanol–water partition coefficient (Wildman–Crippen LogP) is 5.08. The highest BCUT2D eigenvalue weighted by atomic mass is 32.2. The van der Waals surface area contributed by atoms with Crippen molar-refractivity contribution in [3.63, 3.8) is 0 Å². The smallest absolute Gasteiger partial charge is 0.192 e. The summed E-state index contributed by atoms with van der Waals surface area (Å²) in [7, 11) is -3.64. The summed E-state index contributed by atoms with van der Waals surface area (Å²) >= 11 is -1.52. The van der Waals surface area contributed by atoms with Crippen molar-refractivity contribution >= 4 is 32.2 Å². The Hall–Kier alpha value is -2.79. The molecule has 10 heteroatoms. The number of nitrogens with zero attached hydrogens (tertiary/aromatic N) is 2. The van der Waals surface area contributed by atoms with E-state index in [9.17, 15) is 17.4 Å². The van der Waals surface area contributed by atoms with E-state index >= 15 is 0 Å². The number of halogens is 1. The molecule has 0 aliphatic carbocycles. The fourth-order valence-electron chi connectivity index (χ4n) is 3.78. The van der Waals surface area contributed by atoms with Gasteiger partial charge in [0.05, 0.1) is 11.7 Å². The fraction of sp³-hybridized carbons (Fsp3) is 0.308. The molecule has 2 atom stereocenters. The summed E-state index contributed by atoms with van der Waals surface area (Å²) in [6.07, 6.45) is 0.983. The van der Waals surface area contributed by atoms with E-state index in [1.165, 1.54) is 0 Å². The molecule has 0 aliphatic rings. The zero-order valence-electron chi connectivity index (χ0n) is 20.7. The lowest BCUT2D eigenvalue weighted by molar-refractivity contribution is 0.459. The Morgan fingerprint density at radius 3 is 2.56 bits per heavy atom. The molecule has 4 aromatic rings.